The molecule has 8 nitrogen and oxygen atoms in total. The number of hydrogen-bond donors (Lipinski definition) is 1. The molecule has 0 spiro atoms. The molecule has 5 aromatic rings. The van der Waals surface area contributed by atoms with Gasteiger partial charge in [0.25, 0.3) is 0 Å². The summed E-state index contributed by atoms with van der Waals surface area (Å²) in [7, 11) is 0. The second-order valence-electron chi connectivity index (χ2n) is 10.8. The molecule has 2 aromatic carbocycles. The molecule has 0 unspecified atom stereocenters. The molecular formula is C33H31N7O. The highest BCUT2D eigenvalue weighted by Gasteiger charge is 2.40. The molecule has 3 fully saturated rings. The smallest absolute Gasteiger partial charge is 0.246 e. The molecule has 3 saturated heterocycles. The minimum Gasteiger partial charge on any atom is -0.383 e. The first-order valence-corrected chi connectivity index (χ1v) is 14.0. The van der Waals surface area contributed by atoms with Gasteiger partial charge in [-0.3, -0.25) is 14.3 Å². The largest absolute Gasteiger partial charge is 0.383 e. The Hall–Kier alpha value is -4.82. The van der Waals surface area contributed by atoms with E-state index in [4.69, 9.17) is 15.7 Å². The number of carbonyl (C=O) groups excluding carboxylic acids is 1. The Morgan fingerprint density at radius 3 is 2.46 bits per heavy atom. The lowest BCUT2D eigenvalue weighted by atomic mass is 9.90. The van der Waals surface area contributed by atoms with E-state index in [0.717, 1.165) is 66.1 Å². The molecule has 0 radical (unpaired) electrons. The molecule has 3 aliphatic heterocycles. The fourth-order valence-corrected chi connectivity index (χ4v) is 6.24. The summed E-state index contributed by atoms with van der Waals surface area (Å²) >= 11 is 0. The monoisotopic (exact) mass is 541 g/mol. The lowest BCUT2D eigenvalue weighted by molar-refractivity contribution is -0.136. The van der Waals surface area contributed by atoms with Crippen LogP contribution in [0.25, 0.3) is 39.5 Å². The SMILES string of the molecule is C=CC(=O)N1C[C@@H]2CC[C@H]1CN2Cc1ccc(-n2c(-c3cccnc3N)nc3ccc(-c4ccccc4)nc32)cc1. The zero-order valence-electron chi connectivity index (χ0n) is 22.7. The fraction of sp³-hybridized carbons (Fsp3) is 0.212. The number of rotatable bonds is 6. The number of fused-ring (bicyclic) bond motifs is 4. The van der Waals surface area contributed by atoms with Crippen LogP contribution in [-0.2, 0) is 11.3 Å². The van der Waals surface area contributed by atoms with E-state index in [-0.39, 0.29) is 11.9 Å². The number of hydrogen-bond acceptors (Lipinski definition) is 6. The number of nitrogen functional groups attached to an aromatic ring is 1. The van der Waals surface area contributed by atoms with Crippen LogP contribution in [0.3, 0.4) is 0 Å². The Labute approximate surface area is 238 Å². The molecule has 2 N–H and O–H groups in total. The number of piperidine rings is 2. The standard InChI is InChI=1S/C33H31N7O/c1-2-30(41)39-21-25-14-15-26(39)20-38(25)19-22-10-12-24(13-11-22)40-32(27-9-6-18-35-31(27)34)37-29-17-16-28(36-33(29)40)23-7-4-3-5-8-23/h2-13,16-18,25-26H,1,14-15,19-21H2,(H2,34,35)/t25-,26-/m0/s1. The lowest BCUT2D eigenvalue weighted by Gasteiger charge is -2.51. The maximum atomic E-state index is 12.3. The molecule has 3 aliphatic rings. The molecule has 41 heavy (non-hydrogen) atoms. The number of amides is 1. The number of anilines is 1. The summed E-state index contributed by atoms with van der Waals surface area (Å²) in [4.78, 5) is 31.1. The van der Waals surface area contributed by atoms with Crippen molar-refractivity contribution in [2.24, 2.45) is 0 Å². The first-order valence-electron chi connectivity index (χ1n) is 14.0. The summed E-state index contributed by atoms with van der Waals surface area (Å²) in [5, 5.41) is 0. The van der Waals surface area contributed by atoms with E-state index in [1.54, 1.807) is 6.20 Å². The highest BCUT2D eigenvalue weighted by atomic mass is 16.2. The van der Waals surface area contributed by atoms with Crippen LogP contribution in [0, 0.1) is 0 Å². The molecule has 204 valence electrons. The van der Waals surface area contributed by atoms with Crippen LogP contribution in [0.1, 0.15) is 18.4 Å². The molecule has 0 aliphatic carbocycles. The Bertz CT molecular complexity index is 1750. The first kappa shape index (κ1) is 25.2. The highest BCUT2D eigenvalue weighted by molar-refractivity contribution is 5.87. The maximum absolute atomic E-state index is 12.3. The molecule has 8 rings (SSSR count). The molecular weight excluding hydrogens is 510 g/mol. The van der Waals surface area contributed by atoms with Crippen molar-refractivity contribution in [1.29, 1.82) is 0 Å². The number of carbonyl (C=O) groups is 1. The minimum absolute atomic E-state index is 0.0466. The van der Waals surface area contributed by atoms with Gasteiger partial charge in [0.2, 0.25) is 5.91 Å². The van der Waals surface area contributed by atoms with Gasteiger partial charge in [-0.2, -0.15) is 0 Å². The van der Waals surface area contributed by atoms with Crippen LogP contribution < -0.4 is 5.73 Å². The molecule has 2 bridgehead atoms. The van der Waals surface area contributed by atoms with Crippen molar-refractivity contribution in [2.45, 2.75) is 31.5 Å². The number of piperazine rings is 1. The van der Waals surface area contributed by atoms with Crippen molar-refractivity contribution in [2.75, 3.05) is 18.8 Å². The quantitative estimate of drug-likeness (QED) is 0.301. The van der Waals surface area contributed by atoms with Crippen molar-refractivity contribution in [3.63, 3.8) is 0 Å². The number of benzene rings is 2. The van der Waals surface area contributed by atoms with Gasteiger partial charge >= 0.3 is 0 Å². The number of nitrogens with two attached hydrogens (primary N) is 1. The lowest BCUT2D eigenvalue weighted by Crippen LogP contribution is -2.63. The Morgan fingerprint density at radius 2 is 1.73 bits per heavy atom. The predicted molar refractivity (Wildman–Crippen MR) is 161 cm³/mol. The molecule has 3 aromatic heterocycles. The molecule has 2 atom stereocenters. The Kier molecular flexibility index (Phi) is 6.32. The van der Waals surface area contributed by atoms with Gasteiger partial charge in [0.1, 0.15) is 11.3 Å². The van der Waals surface area contributed by atoms with Gasteiger partial charge in [-0.1, -0.05) is 49.0 Å². The average Bonchev–Trinajstić information content (AvgIpc) is 3.40. The van der Waals surface area contributed by atoms with Gasteiger partial charge in [-0.15, -0.1) is 0 Å². The predicted octanol–water partition coefficient (Wildman–Crippen LogP) is 5.09. The number of aromatic nitrogens is 4. The zero-order chi connectivity index (χ0) is 27.9. The maximum Gasteiger partial charge on any atom is 0.246 e. The van der Waals surface area contributed by atoms with E-state index in [2.05, 4.69) is 57.4 Å². The zero-order valence-corrected chi connectivity index (χ0v) is 22.7. The molecule has 6 heterocycles. The number of nitrogens with zero attached hydrogens (tertiary/aromatic N) is 6. The van der Waals surface area contributed by atoms with Crippen molar-refractivity contribution < 1.29 is 4.79 Å². The van der Waals surface area contributed by atoms with E-state index in [9.17, 15) is 4.79 Å². The van der Waals surface area contributed by atoms with Crippen LogP contribution in [0.5, 0.6) is 0 Å². The van der Waals surface area contributed by atoms with E-state index in [0.29, 0.717) is 17.7 Å². The van der Waals surface area contributed by atoms with Crippen molar-refractivity contribution in [3.8, 4) is 28.3 Å². The van der Waals surface area contributed by atoms with Gasteiger partial charge in [0.15, 0.2) is 11.5 Å². The number of pyridine rings is 2. The summed E-state index contributed by atoms with van der Waals surface area (Å²) in [6.45, 7) is 6.20. The fourth-order valence-electron chi connectivity index (χ4n) is 6.24. The molecule has 1 amide bonds. The Morgan fingerprint density at radius 1 is 0.927 bits per heavy atom. The molecule has 8 heteroatoms. The van der Waals surface area contributed by atoms with E-state index >= 15 is 0 Å². The van der Waals surface area contributed by atoms with Crippen LogP contribution >= 0.6 is 0 Å². The normalized spacial score (nSPS) is 18.6. The second kappa shape index (κ2) is 10.3. The third-order valence-electron chi connectivity index (χ3n) is 8.33. The summed E-state index contributed by atoms with van der Waals surface area (Å²) in [6, 6.07) is 27.2. The van der Waals surface area contributed by atoms with Gasteiger partial charge in [-0.25, -0.2) is 15.0 Å². The third-order valence-corrected chi connectivity index (χ3v) is 8.33. The summed E-state index contributed by atoms with van der Waals surface area (Å²) in [5.74, 6) is 1.18. The van der Waals surface area contributed by atoms with Crippen LogP contribution in [-0.4, -0.2) is 60.4 Å². The van der Waals surface area contributed by atoms with E-state index in [1.807, 2.05) is 47.4 Å². The van der Waals surface area contributed by atoms with E-state index < -0.39 is 0 Å². The second-order valence-corrected chi connectivity index (χ2v) is 10.8. The van der Waals surface area contributed by atoms with Crippen molar-refractivity contribution in [3.05, 3.63) is 103 Å². The van der Waals surface area contributed by atoms with Crippen LogP contribution in [0.2, 0.25) is 0 Å². The van der Waals surface area contributed by atoms with Gasteiger partial charge < -0.3 is 10.6 Å². The Balaban J connectivity index is 1.24. The van der Waals surface area contributed by atoms with E-state index in [1.165, 1.54) is 11.6 Å². The average molecular weight is 542 g/mol. The van der Waals surface area contributed by atoms with Crippen LogP contribution in [0.15, 0.2) is 97.7 Å². The highest BCUT2D eigenvalue weighted by Crippen LogP contribution is 2.33. The van der Waals surface area contributed by atoms with Gasteiger partial charge in [-0.05, 0) is 60.9 Å². The van der Waals surface area contributed by atoms with Crippen molar-refractivity contribution in [1.82, 2.24) is 29.3 Å². The first-order chi connectivity index (χ1) is 20.1. The summed E-state index contributed by atoms with van der Waals surface area (Å²) in [5.41, 5.74) is 12.7. The van der Waals surface area contributed by atoms with Crippen LogP contribution in [0.4, 0.5) is 5.82 Å². The summed E-state index contributed by atoms with van der Waals surface area (Å²) in [6.07, 6.45) is 5.31. The summed E-state index contributed by atoms with van der Waals surface area (Å²) < 4.78 is 2.07. The topological polar surface area (TPSA) is 93.2 Å². The third kappa shape index (κ3) is 4.56. The van der Waals surface area contributed by atoms with Gasteiger partial charge in [0, 0.05) is 49.2 Å². The van der Waals surface area contributed by atoms with Gasteiger partial charge in [0.05, 0.1) is 11.3 Å². The minimum atomic E-state index is 0.0466. The van der Waals surface area contributed by atoms with Crippen molar-refractivity contribution >= 4 is 22.9 Å². The number of imidazole rings is 1. The molecule has 0 saturated carbocycles.